The first-order chi connectivity index (χ1) is 15.5. The fourth-order valence-corrected chi connectivity index (χ4v) is 3.98. The molecule has 3 heterocycles. The summed E-state index contributed by atoms with van der Waals surface area (Å²) in [6.45, 7) is 7.49. The smallest absolute Gasteiger partial charge is 0.274 e. The lowest BCUT2D eigenvalue weighted by Crippen LogP contribution is -2.54. The molecule has 1 aliphatic rings. The number of rotatable bonds is 6. The van der Waals surface area contributed by atoms with Crippen molar-refractivity contribution in [2.24, 2.45) is 5.41 Å². The van der Waals surface area contributed by atoms with Gasteiger partial charge in [-0.2, -0.15) is 0 Å². The Morgan fingerprint density at radius 1 is 1.36 bits per heavy atom. The Labute approximate surface area is 193 Å². The molecule has 3 rings (SSSR count). The van der Waals surface area contributed by atoms with E-state index in [0.29, 0.717) is 12.4 Å². The largest absolute Gasteiger partial charge is 0.391 e. The summed E-state index contributed by atoms with van der Waals surface area (Å²) in [5, 5.41) is 13.0. The van der Waals surface area contributed by atoms with Crippen LogP contribution < -0.4 is 5.32 Å². The average Bonchev–Trinajstić information content (AvgIpc) is 3.37. The Hall–Kier alpha value is -3.27. The van der Waals surface area contributed by atoms with Gasteiger partial charge in [0.2, 0.25) is 11.8 Å². The molecule has 2 aromatic rings. The molecule has 3 atom stereocenters. The minimum Gasteiger partial charge on any atom is -0.391 e. The highest BCUT2D eigenvalue weighted by Gasteiger charge is 2.43. The van der Waals surface area contributed by atoms with Crippen LogP contribution in [-0.2, 0) is 16.1 Å². The first-order valence-electron chi connectivity index (χ1n) is 10.9. The van der Waals surface area contributed by atoms with Crippen LogP contribution in [0.25, 0.3) is 0 Å². The number of carbonyl (C=O) groups excluding carboxylic acids is 3. The van der Waals surface area contributed by atoms with E-state index in [1.54, 1.807) is 19.4 Å². The maximum atomic E-state index is 13.4. The first-order valence-corrected chi connectivity index (χ1v) is 10.9. The SMILES string of the molecule is CC(=O)N[C@H](C(=O)N1C[C@H](O)C[C@H]1c1nc(C(=O)N(C)Cc2cccnc2)c[nH]1)C(C)(C)C. The van der Waals surface area contributed by atoms with Gasteiger partial charge in [-0.3, -0.25) is 19.4 Å². The van der Waals surface area contributed by atoms with E-state index < -0.39 is 23.6 Å². The van der Waals surface area contributed by atoms with Crippen molar-refractivity contribution in [2.45, 2.75) is 58.8 Å². The maximum Gasteiger partial charge on any atom is 0.274 e. The average molecular weight is 457 g/mol. The number of carbonyl (C=O) groups is 3. The molecular weight excluding hydrogens is 424 g/mol. The number of imidazole rings is 1. The molecule has 10 nitrogen and oxygen atoms in total. The molecule has 0 aliphatic carbocycles. The van der Waals surface area contributed by atoms with Crippen LogP contribution in [0.4, 0.5) is 0 Å². The number of hydrogen-bond acceptors (Lipinski definition) is 6. The van der Waals surface area contributed by atoms with Crippen molar-refractivity contribution >= 4 is 17.7 Å². The lowest BCUT2D eigenvalue weighted by molar-refractivity contribution is -0.140. The summed E-state index contributed by atoms with van der Waals surface area (Å²) in [6, 6.07) is 2.40. The summed E-state index contributed by atoms with van der Waals surface area (Å²) < 4.78 is 0. The summed E-state index contributed by atoms with van der Waals surface area (Å²) in [4.78, 5) is 52.5. The summed E-state index contributed by atoms with van der Waals surface area (Å²) in [5.41, 5.74) is 0.588. The van der Waals surface area contributed by atoms with Crippen LogP contribution in [0.2, 0.25) is 0 Å². The third kappa shape index (κ3) is 5.75. The van der Waals surface area contributed by atoms with Crippen LogP contribution in [0, 0.1) is 5.41 Å². The van der Waals surface area contributed by atoms with Gasteiger partial charge in [-0.1, -0.05) is 26.8 Å². The molecule has 0 aromatic carbocycles. The quantitative estimate of drug-likeness (QED) is 0.600. The number of aromatic nitrogens is 3. The Balaban J connectivity index is 1.78. The normalized spacial score (nSPS) is 19.3. The van der Waals surface area contributed by atoms with Crippen LogP contribution >= 0.6 is 0 Å². The molecule has 3 amide bonds. The zero-order chi connectivity index (χ0) is 24.3. The van der Waals surface area contributed by atoms with Gasteiger partial charge in [0.05, 0.1) is 12.1 Å². The maximum absolute atomic E-state index is 13.4. The predicted molar refractivity (Wildman–Crippen MR) is 121 cm³/mol. The van der Waals surface area contributed by atoms with Crippen molar-refractivity contribution in [3.63, 3.8) is 0 Å². The van der Waals surface area contributed by atoms with Crippen molar-refractivity contribution < 1.29 is 19.5 Å². The number of pyridine rings is 1. The molecule has 2 aromatic heterocycles. The predicted octanol–water partition coefficient (Wildman–Crippen LogP) is 1.26. The van der Waals surface area contributed by atoms with E-state index >= 15 is 0 Å². The third-order valence-corrected chi connectivity index (χ3v) is 5.64. The Morgan fingerprint density at radius 3 is 2.70 bits per heavy atom. The van der Waals surface area contributed by atoms with E-state index in [2.05, 4.69) is 20.3 Å². The first kappa shape index (κ1) is 24.4. The Bertz CT molecular complexity index is 1000. The number of likely N-dealkylation sites (tertiary alicyclic amines) is 1. The molecule has 10 heteroatoms. The number of nitrogens with one attached hydrogen (secondary N) is 2. The zero-order valence-corrected chi connectivity index (χ0v) is 19.7. The van der Waals surface area contributed by atoms with Crippen molar-refractivity contribution in [1.82, 2.24) is 30.1 Å². The van der Waals surface area contributed by atoms with Crippen molar-refractivity contribution in [3.8, 4) is 0 Å². The van der Waals surface area contributed by atoms with Gasteiger partial charge in [-0.25, -0.2) is 4.98 Å². The van der Waals surface area contributed by atoms with Crippen molar-refractivity contribution in [2.75, 3.05) is 13.6 Å². The van der Waals surface area contributed by atoms with Gasteiger partial charge in [-0.05, 0) is 17.0 Å². The van der Waals surface area contributed by atoms with Crippen LogP contribution in [0.5, 0.6) is 0 Å². The number of nitrogens with zero attached hydrogens (tertiary/aromatic N) is 4. The third-order valence-electron chi connectivity index (χ3n) is 5.64. The van der Waals surface area contributed by atoms with Gasteiger partial charge >= 0.3 is 0 Å². The molecule has 3 N–H and O–H groups in total. The topological polar surface area (TPSA) is 132 Å². The summed E-state index contributed by atoms with van der Waals surface area (Å²) >= 11 is 0. The van der Waals surface area contributed by atoms with Gasteiger partial charge in [-0.15, -0.1) is 0 Å². The lowest BCUT2D eigenvalue weighted by atomic mass is 9.85. The standard InChI is InChI=1S/C23H32N6O4/c1-14(30)26-19(23(2,3)4)22(33)29-13-16(31)9-18(29)20-25-11-17(27-20)21(32)28(5)12-15-7-6-8-24-10-15/h6-8,10-11,16,18-19,31H,9,12-13H2,1-5H3,(H,25,27)(H,26,30)/t16-,18+,19-/m1/s1. The van der Waals surface area contributed by atoms with Gasteiger partial charge in [0.15, 0.2) is 0 Å². The van der Waals surface area contributed by atoms with E-state index in [4.69, 9.17) is 0 Å². The Kier molecular flexibility index (Phi) is 7.16. The van der Waals surface area contributed by atoms with Crippen LogP contribution in [-0.4, -0.2) is 73.3 Å². The number of aliphatic hydroxyl groups is 1. The number of H-pyrrole nitrogens is 1. The van der Waals surface area contributed by atoms with E-state index in [1.165, 1.54) is 22.9 Å². The van der Waals surface area contributed by atoms with E-state index in [1.807, 2.05) is 32.9 Å². The molecule has 0 bridgehead atoms. The molecular formula is C23H32N6O4. The minimum absolute atomic E-state index is 0.126. The highest BCUT2D eigenvalue weighted by atomic mass is 16.3. The van der Waals surface area contributed by atoms with Gasteiger partial charge < -0.3 is 25.2 Å². The minimum atomic E-state index is -0.760. The lowest BCUT2D eigenvalue weighted by Gasteiger charge is -2.35. The molecule has 178 valence electrons. The number of amides is 3. The second-order valence-corrected chi connectivity index (χ2v) is 9.59. The van der Waals surface area contributed by atoms with Crippen LogP contribution in [0.15, 0.2) is 30.7 Å². The molecule has 0 radical (unpaired) electrons. The summed E-state index contributed by atoms with van der Waals surface area (Å²) in [5.74, 6) is -0.448. The van der Waals surface area contributed by atoms with E-state index in [-0.39, 0.29) is 36.4 Å². The second-order valence-electron chi connectivity index (χ2n) is 9.59. The monoisotopic (exact) mass is 456 g/mol. The summed E-state index contributed by atoms with van der Waals surface area (Å²) in [7, 11) is 1.68. The number of β-amino-alcohol motifs (C(OH)–C–C–N with tert-alkyl or cyclic N) is 1. The fourth-order valence-electron chi connectivity index (χ4n) is 3.98. The number of hydrogen-bond donors (Lipinski definition) is 3. The Morgan fingerprint density at radius 2 is 2.09 bits per heavy atom. The fraction of sp³-hybridized carbons (Fsp3) is 0.522. The highest BCUT2D eigenvalue weighted by molar-refractivity contribution is 5.92. The van der Waals surface area contributed by atoms with E-state index in [0.717, 1.165) is 5.56 Å². The van der Waals surface area contributed by atoms with Crippen molar-refractivity contribution in [1.29, 1.82) is 0 Å². The molecule has 1 saturated heterocycles. The molecule has 1 aliphatic heterocycles. The molecule has 0 unspecified atom stereocenters. The zero-order valence-electron chi connectivity index (χ0n) is 19.7. The molecule has 0 saturated carbocycles. The number of aromatic amines is 1. The second kappa shape index (κ2) is 9.70. The summed E-state index contributed by atoms with van der Waals surface area (Å²) in [6.07, 6.45) is 4.44. The van der Waals surface area contributed by atoms with Crippen LogP contribution in [0.3, 0.4) is 0 Å². The highest BCUT2D eigenvalue weighted by Crippen LogP contribution is 2.33. The van der Waals surface area contributed by atoms with E-state index in [9.17, 15) is 19.5 Å². The van der Waals surface area contributed by atoms with Crippen LogP contribution in [0.1, 0.15) is 62.0 Å². The van der Waals surface area contributed by atoms with Gasteiger partial charge in [0.1, 0.15) is 17.6 Å². The van der Waals surface area contributed by atoms with Crippen molar-refractivity contribution in [3.05, 3.63) is 47.8 Å². The molecule has 0 spiro atoms. The molecule has 33 heavy (non-hydrogen) atoms. The number of aliphatic hydroxyl groups excluding tert-OH is 1. The molecule has 1 fully saturated rings. The van der Waals surface area contributed by atoms with Gasteiger partial charge in [0, 0.05) is 52.1 Å². The van der Waals surface area contributed by atoms with Gasteiger partial charge in [0.25, 0.3) is 5.91 Å².